The van der Waals surface area contributed by atoms with E-state index in [1.54, 1.807) is 25.6 Å². The molecule has 0 spiro atoms. The first-order valence-electron chi connectivity index (χ1n) is 3.95. The molecule has 4 heteroatoms. The summed E-state index contributed by atoms with van der Waals surface area (Å²) in [5.74, 6) is 0.673. The molecule has 12 heavy (non-hydrogen) atoms. The monoisotopic (exact) mass is 167 g/mol. The molecule has 0 atom stereocenters. The van der Waals surface area contributed by atoms with Crippen LogP contribution in [-0.2, 0) is 0 Å². The second kappa shape index (κ2) is 6.67. The maximum Gasteiger partial charge on any atom is 0.306 e. The first kappa shape index (κ1) is 11.0. The summed E-state index contributed by atoms with van der Waals surface area (Å²) in [5, 5.41) is 8.66. The molecule has 0 aromatic carbocycles. The molecule has 1 N–H and O–H groups in total. The Labute approximate surface area is 73.7 Å². The SMILES string of the molecule is CC.COc1cncc(BO)c1. The molecule has 1 aromatic rings. The van der Waals surface area contributed by atoms with Crippen LogP contribution in [0.2, 0.25) is 0 Å². The fourth-order valence-electron chi connectivity index (χ4n) is 0.662. The minimum atomic E-state index is 0.00417. The zero-order chi connectivity index (χ0) is 9.40. The van der Waals surface area contributed by atoms with Crippen molar-refractivity contribution in [2.75, 3.05) is 7.11 Å². The van der Waals surface area contributed by atoms with E-state index in [9.17, 15) is 0 Å². The van der Waals surface area contributed by atoms with Crippen molar-refractivity contribution in [1.82, 2.24) is 4.98 Å². The van der Waals surface area contributed by atoms with Crippen molar-refractivity contribution < 1.29 is 9.76 Å². The Hall–Kier alpha value is -1.03. The smallest absolute Gasteiger partial charge is 0.306 e. The van der Waals surface area contributed by atoms with Gasteiger partial charge in [-0.25, -0.2) is 0 Å². The van der Waals surface area contributed by atoms with Crippen molar-refractivity contribution in [3.05, 3.63) is 18.5 Å². The predicted molar refractivity (Wildman–Crippen MR) is 51.1 cm³/mol. The molecule has 66 valence electrons. The molecule has 0 saturated carbocycles. The Morgan fingerprint density at radius 2 is 2.08 bits per heavy atom. The molecule has 0 aliphatic carbocycles. The third kappa shape index (κ3) is 3.39. The van der Waals surface area contributed by atoms with Gasteiger partial charge >= 0.3 is 7.48 Å². The number of pyridine rings is 1. The highest BCUT2D eigenvalue weighted by Crippen LogP contribution is 2.01. The lowest BCUT2D eigenvalue weighted by atomic mass is 9.91. The summed E-state index contributed by atoms with van der Waals surface area (Å²) in [7, 11) is 1.57. The van der Waals surface area contributed by atoms with Crippen molar-refractivity contribution in [2.45, 2.75) is 13.8 Å². The molecular formula is C8H14BNO2. The topological polar surface area (TPSA) is 42.4 Å². The molecule has 0 aliphatic rings. The average Bonchev–Trinajstić information content (AvgIpc) is 2.21. The quantitative estimate of drug-likeness (QED) is 0.634. The van der Waals surface area contributed by atoms with Crippen LogP contribution in [0.1, 0.15) is 13.8 Å². The maximum atomic E-state index is 8.66. The zero-order valence-electron chi connectivity index (χ0n) is 7.74. The largest absolute Gasteiger partial charge is 0.495 e. The van der Waals surface area contributed by atoms with Crippen LogP contribution in [0.25, 0.3) is 0 Å². The Morgan fingerprint density at radius 3 is 2.58 bits per heavy atom. The average molecular weight is 167 g/mol. The number of ether oxygens (including phenoxy) is 1. The minimum absolute atomic E-state index is 0.00417. The summed E-state index contributed by atoms with van der Waals surface area (Å²) in [4.78, 5) is 3.84. The summed E-state index contributed by atoms with van der Waals surface area (Å²) in [6.07, 6.45) is 3.20. The van der Waals surface area contributed by atoms with Crippen LogP contribution < -0.4 is 10.2 Å². The molecule has 3 nitrogen and oxygen atoms in total. The van der Waals surface area contributed by atoms with E-state index >= 15 is 0 Å². The lowest BCUT2D eigenvalue weighted by Crippen LogP contribution is -2.13. The van der Waals surface area contributed by atoms with Crippen molar-refractivity contribution in [3.8, 4) is 5.75 Å². The van der Waals surface area contributed by atoms with Gasteiger partial charge in [-0.05, 0) is 11.5 Å². The standard InChI is InChI=1S/C6H8BNO2.C2H6/c1-10-6-2-5(7-9)3-8-4-6;1-2/h2-4,7,9H,1H3;1-2H3. The van der Waals surface area contributed by atoms with E-state index in [1.807, 2.05) is 13.8 Å². The molecule has 0 aliphatic heterocycles. The molecule has 1 heterocycles. The molecule has 0 bridgehead atoms. The number of hydrogen-bond acceptors (Lipinski definition) is 3. The fourth-order valence-corrected chi connectivity index (χ4v) is 0.662. The highest BCUT2D eigenvalue weighted by Gasteiger charge is 1.94. The van der Waals surface area contributed by atoms with Crippen LogP contribution in [0.15, 0.2) is 18.5 Å². The van der Waals surface area contributed by atoms with E-state index < -0.39 is 0 Å². The molecular weight excluding hydrogens is 153 g/mol. The van der Waals surface area contributed by atoms with Crippen molar-refractivity contribution >= 4 is 12.9 Å². The van der Waals surface area contributed by atoms with Gasteiger partial charge < -0.3 is 9.76 Å². The predicted octanol–water partition coefficient (Wildman–Crippen LogP) is 0.0855. The van der Waals surface area contributed by atoms with Crippen LogP contribution in [0.3, 0.4) is 0 Å². The van der Waals surface area contributed by atoms with Gasteiger partial charge in [0.1, 0.15) is 5.75 Å². The van der Waals surface area contributed by atoms with Crippen LogP contribution in [0, 0.1) is 0 Å². The molecule has 0 radical (unpaired) electrons. The number of methoxy groups -OCH3 is 1. The highest BCUT2D eigenvalue weighted by atomic mass is 16.5. The summed E-state index contributed by atoms with van der Waals surface area (Å²) in [6, 6.07) is 1.74. The highest BCUT2D eigenvalue weighted by molar-refractivity contribution is 6.45. The number of rotatable bonds is 2. The summed E-state index contributed by atoms with van der Waals surface area (Å²) < 4.78 is 4.88. The van der Waals surface area contributed by atoms with Crippen LogP contribution in [0.4, 0.5) is 0 Å². The minimum Gasteiger partial charge on any atom is -0.495 e. The van der Waals surface area contributed by atoms with Crippen molar-refractivity contribution in [1.29, 1.82) is 0 Å². The van der Waals surface area contributed by atoms with Gasteiger partial charge in [-0.2, -0.15) is 0 Å². The molecule has 1 aromatic heterocycles. The third-order valence-corrected chi connectivity index (χ3v) is 1.19. The Morgan fingerprint density at radius 1 is 1.42 bits per heavy atom. The molecule has 0 unspecified atom stereocenters. The van der Waals surface area contributed by atoms with Gasteiger partial charge in [0, 0.05) is 6.20 Å². The van der Waals surface area contributed by atoms with Gasteiger partial charge in [0.05, 0.1) is 13.3 Å². The number of nitrogens with zero attached hydrogens (tertiary/aromatic N) is 1. The molecule has 0 fully saturated rings. The van der Waals surface area contributed by atoms with Gasteiger partial charge in [-0.15, -0.1) is 0 Å². The van der Waals surface area contributed by atoms with Crippen molar-refractivity contribution in [2.24, 2.45) is 0 Å². The van der Waals surface area contributed by atoms with E-state index in [0.29, 0.717) is 5.75 Å². The molecule has 0 saturated heterocycles. The van der Waals surface area contributed by atoms with Crippen LogP contribution in [0.5, 0.6) is 5.75 Å². The van der Waals surface area contributed by atoms with E-state index in [1.165, 1.54) is 0 Å². The zero-order valence-corrected chi connectivity index (χ0v) is 7.74. The van der Waals surface area contributed by atoms with Gasteiger partial charge in [0.15, 0.2) is 0 Å². The summed E-state index contributed by atoms with van der Waals surface area (Å²) >= 11 is 0. The van der Waals surface area contributed by atoms with Gasteiger partial charge in [0.2, 0.25) is 0 Å². The van der Waals surface area contributed by atoms with Gasteiger partial charge in [-0.3, -0.25) is 4.98 Å². The van der Waals surface area contributed by atoms with E-state index in [2.05, 4.69) is 4.98 Å². The number of aromatic nitrogens is 1. The second-order valence-corrected chi connectivity index (χ2v) is 1.89. The van der Waals surface area contributed by atoms with Crippen LogP contribution >= 0.6 is 0 Å². The first-order chi connectivity index (χ1) is 5.86. The van der Waals surface area contributed by atoms with Gasteiger partial charge in [0.25, 0.3) is 0 Å². The van der Waals surface area contributed by atoms with E-state index in [0.717, 1.165) is 5.46 Å². The molecule has 1 rings (SSSR count). The number of hydrogen-bond donors (Lipinski definition) is 1. The fraction of sp³-hybridized carbons (Fsp3) is 0.375. The van der Waals surface area contributed by atoms with E-state index in [-0.39, 0.29) is 7.48 Å². The van der Waals surface area contributed by atoms with Crippen LogP contribution in [-0.4, -0.2) is 24.6 Å². The van der Waals surface area contributed by atoms with Crippen molar-refractivity contribution in [3.63, 3.8) is 0 Å². The normalized spacial score (nSPS) is 8.00. The lowest BCUT2D eigenvalue weighted by molar-refractivity contribution is 0.413. The Balaban J connectivity index is 0.000000561. The second-order valence-electron chi connectivity index (χ2n) is 1.89. The lowest BCUT2D eigenvalue weighted by Gasteiger charge is -1.98. The Kier molecular flexibility index (Phi) is 6.10. The maximum absolute atomic E-state index is 8.66. The Bertz CT molecular complexity index is 199. The summed E-state index contributed by atoms with van der Waals surface area (Å²) in [6.45, 7) is 4.00. The first-order valence-corrected chi connectivity index (χ1v) is 3.95. The van der Waals surface area contributed by atoms with E-state index in [4.69, 9.17) is 9.76 Å². The summed E-state index contributed by atoms with van der Waals surface area (Å²) in [5.41, 5.74) is 0.763. The molecule has 0 amide bonds. The van der Waals surface area contributed by atoms with Gasteiger partial charge in [-0.1, -0.05) is 13.8 Å². The third-order valence-electron chi connectivity index (χ3n) is 1.19.